The Hall–Kier alpha value is -0.277. The van der Waals surface area contributed by atoms with E-state index in [4.69, 9.17) is 0 Å². The summed E-state index contributed by atoms with van der Waals surface area (Å²) in [6, 6.07) is 0. The predicted molar refractivity (Wildman–Crippen MR) is 105 cm³/mol. The second kappa shape index (κ2) is 288000. The van der Waals surface area contributed by atoms with Gasteiger partial charge in [0.1, 0.15) is 0 Å². The van der Waals surface area contributed by atoms with E-state index in [1.54, 1.807) is 0 Å². The van der Waals surface area contributed by atoms with Gasteiger partial charge < -0.3 is 159 Å². The monoisotopic (exact) mass is 612 g/mol. The van der Waals surface area contributed by atoms with E-state index in [0.717, 1.165) is 0 Å². The molecule has 30 heteroatoms. The molecule has 0 aromatic carbocycles. The quantitative estimate of drug-likeness (QED) is 0.245. The van der Waals surface area contributed by atoms with Crippen molar-refractivity contribution < 1.29 is 185 Å². The molecule has 0 spiro atoms. The summed E-state index contributed by atoms with van der Waals surface area (Å²) in [6.45, 7) is 0. The summed E-state index contributed by atoms with van der Waals surface area (Å²) in [5.41, 5.74) is 0. The molecule has 0 aromatic heterocycles. The molecule has 0 saturated carbocycles. The van der Waals surface area contributed by atoms with Crippen LogP contribution in [0.25, 0.3) is 0 Å². The topological polar surface area (TPSA) is 914 Å². The SMILES string of the molecule is O.O.O.O.O.O.O.O.O.O.O.O.O.O.O.O.O.O.O.O.O.O.O.O.O.O.O.O.O.[Zr]. The Kier molecular flexibility index (Phi) is 3070000000. The first-order chi connectivity index (χ1) is 0. The van der Waals surface area contributed by atoms with E-state index < -0.39 is 0 Å². The normalized spacial score (nSPS) is 0. The summed E-state index contributed by atoms with van der Waals surface area (Å²) < 4.78 is 0. The van der Waals surface area contributed by atoms with Crippen molar-refractivity contribution in [1.82, 2.24) is 0 Å². The van der Waals surface area contributed by atoms with Crippen molar-refractivity contribution in [2.24, 2.45) is 0 Å². The van der Waals surface area contributed by atoms with Crippen LogP contribution in [0.15, 0.2) is 0 Å². The van der Waals surface area contributed by atoms with Crippen LogP contribution in [-0.2, 0) is 26.2 Å². The predicted octanol–water partition coefficient (Wildman–Crippen LogP) is -23.9. The van der Waals surface area contributed by atoms with Gasteiger partial charge >= 0.3 is 0 Å². The van der Waals surface area contributed by atoms with E-state index in [9.17, 15) is 0 Å². The van der Waals surface area contributed by atoms with Crippen molar-refractivity contribution in [2.45, 2.75) is 0 Å². The average Bonchev–Trinajstić information content (AvgIpc) is 0. The zero-order valence-corrected chi connectivity index (χ0v) is 17.5. The third kappa shape index (κ3) is 258000. The van der Waals surface area contributed by atoms with Crippen molar-refractivity contribution in [1.29, 1.82) is 0 Å². The van der Waals surface area contributed by atoms with Crippen LogP contribution in [0.5, 0.6) is 0 Å². The fraction of sp³-hybridized carbons (Fsp3) is 0. The summed E-state index contributed by atoms with van der Waals surface area (Å²) in [5.74, 6) is 0. The molecule has 0 unspecified atom stereocenters. The first-order valence-corrected chi connectivity index (χ1v) is 0. The smallest absolute Gasteiger partial charge is 0 e. The van der Waals surface area contributed by atoms with Gasteiger partial charge in [0, 0.05) is 26.2 Å². The maximum atomic E-state index is 0. The second-order valence-corrected chi connectivity index (χ2v) is 0. The van der Waals surface area contributed by atoms with Crippen LogP contribution in [0.4, 0.5) is 0 Å². The summed E-state index contributed by atoms with van der Waals surface area (Å²) in [7, 11) is 0. The van der Waals surface area contributed by atoms with Gasteiger partial charge in [-0.25, -0.2) is 0 Å². The van der Waals surface area contributed by atoms with Crippen LogP contribution in [0.3, 0.4) is 0 Å². The number of hydrogen-bond donors (Lipinski definition) is 0. The molecule has 0 rings (SSSR count). The maximum absolute atomic E-state index is 0. The van der Waals surface area contributed by atoms with Crippen molar-refractivity contribution >= 4 is 0 Å². The van der Waals surface area contributed by atoms with Gasteiger partial charge in [-0.2, -0.15) is 0 Å². The van der Waals surface area contributed by atoms with Crippen LogP contribution < -0.4 is 0 Å². The average molecular weight is 614 g/mol. The second-order valence-electron chi connectivity index (χ2n) is 0. The van der Waals surface area contributed by atoms with Gasteiger partial charge in [-0.15, -0.1) is 0 Å². The van der Waals surface area contributed by atoms with Crippen molar-refractivity contribution in [3.63, 3.8) is 0 Å². The molecule has 0 atom stereocenters. The fourth-order valence-corrected chi connectivity index (χ4v) is 0. The van der Waals surface area contributed by atoms with E-state index in [-0.39, 0.29) is 185 Å². The Bertz CT molecular complexity index is 6.33. The number of hydrogen-bond acceptors (Lipinski definition) is 0. The first kappa shape index (κ1) is 320000. The van der Waals surface area contributed by atoms with Gasteiger partial charge in [0.25, 0.3) is 0 Å². The molecule has 0 heterocycles. The van der Waals surface area contributed by atoms with E-state index in [1.807, 2.05) is 0 Å². The Morgan fingerprint density at radius 2 is 0.0667 bits per heavy atom. The minimum atomic E-state index is 0. The summed E-state index contributed by atoms with van der Waals surface area (Å²) in [6.07, 6.45) is 0. The molecule has 58 N–H and O–H groups in total. The molecule has 0 aliphatic carbocycles. The zero-order chi connectivity index (χ0) is 0. The summed E-state index contributed by atoms with van der Waals surface area (Å²) in [4.78, 5) is 0. The molecule has 0 aliphatic heterocycles. The largest absolute Gasteiger partial charge is 0.412 e. The molecule has 0 fully saturated rings. The van der Waals surface area contributed by atoms with E-state index in [2.05, 4.69) is 0 Å². The van der Waals surface area contributed by atoms with Crippen molar-refractivity contribution in [3.05, 3.63) is 0 Å². The minimum Gasteiger partial charge on any atom is -0.412 e. The van der Waals surface area contributed by atoms with Crippen LogP contribution >= 0.6 is 0 Å². The molecule has 0 amide bonds. The first-order valence-electron chi connectivity index (χ1n) is 0. The molecule has 0 saturated heterocycles. The van der Waals surface area contributed by atoms with Gasteiger partial charge in [-0.05, 0) is 0 Å². The molecule has 0 aliphatic rings. The van der Waals surface area contributed by atoms with Gasteiger partial charge in [-0.3, -0.25) is 0 Å². The fourth-order valence-electron chi connectivity index (χ4n) is 0. The Balaban J connectivity index is 0. The molecule has 0 aromatic rings. The van der Waals surface area contributed by atoms with E-state index in [0.29, 0.717) is 0 Å². The molecule has 30 heavy (non-hydrogen) atoms. The molecule has 236 valence electrons. The van der Waals surface area contributed by atoms with Gasteiger partial charge in [0.15, 0.2) is 0 Å². The van der Waals surface area contributed by atoms with Crippen molar-refractivity contribution in [2.75, 3.05) is 0 Å². The Labute approximate surface area is 186 Å². The van der Waals surface area contributed by atoms with Crippen molar-refractivity contribution in [3.8, 4) is 0 Å². The van der Waals surface area contributed by atoms with Gasteiger partial charge in [0.2, 0.25) is 0 Å². The Morgan fingerprint density at radius 1 is 0.0667 bits per heavy atom. The standard InChI is InChI=1S/29H2O.Zr/h29*1H2;. The third-order valence-corrected chi connectivity index (χ3v) is 0. The third-order valence-electron chi connectivity index (χ3n) is 0. The van der Waals surface area contributed by atoms with Crippen LogP contribution in [0.1, 0.15) is 0 Å². The van der Waals surface area contributed by atoms with Gasteiger partial charge in [-0.1, -0.05) is 0 Å². The molecular weight excluding hydrogens is 555 g/mol. The van der Waals surface area contributed by atoms with E-state index >= 15 is 0 Å². The number of rotatable bonds is 0. The van der Waals surface area contributed by atoms with Gasteiger partial charge in [0.05, 0.1) is 0 Å². The maximum Gasteiger partial charge on any atom is 0 e. The van der Waals surface area contributed by atoms with Crippen LogP contribution in [-0.4, -0.2) is 159 Å². The van der Waals surface area contributed by atoms with Crippen LogP contribution in [0, 0.1) is 0 Å². The zero-order valence-electron chi connectivity index (χ0n) is 15.0. The minimum absolute atomic E-state index is 0. The Morgan fingerprint density at radius 3 is 0.0667 bits per heavy atom. The molecule has 29 nitrogen and oxygen atoms in total. The van der Waals surface area contributed by atoms with Crippen LogP contribution in [0.2, 0.25) is 0 Å². The molecular formula is H58O29Zr. The van der Waals surface area contributed by atoms with E-state index in [1.165, 1.54) is 0 Å². The molecule has 0 radical (unpaired) electrons. The summed E-state index contributed by atoms with van der Waals surface area (Å²) >= 11 is 0. The summed E-state index contributed by atoms with van der Waals surface area (Å²) in [5, 5.41) is 0. The molecule has 0 bridgehead atoms.